The van der Waals surface area contributed by atoms with Crippen molar-refractivity contribution in [1.29, 1.82) is 0 Å². The van der Waals surface area contributed by atoms with Crippen LogP contribution in [0.15, 0.2) is 53.8 Å². The van der Waals surface area contributed by atoms with Gasteiger partial charge in [0.15, 0.2) is 11.0 Å². The van der Waals surface area contributed by atoms with Crippen LogP contribution in [0.5, 0.6) is 5.75 Å². The topological polar surface area (TPSA) is 81.9 Å². The number of ether oxygens (including phenoxy) is 1. The first-order valence-electron chi connectivity index (χ1n) is 8.97. The molecule has 0 aliphatic heterocycles. The van der Waals surface area contributed by atoms with Gasteiger partial charge >= 0.3 is 0 Å². The van der Waals surface area contributed by atoms with Crippen LogP contribution in [0.3, 0.4) is 0 Å². The SMILES string of the molecule is CC(C)c1ccc(OCc2nnc(SCC(=O)Nc3ccccn3)n2C)cc1. The van der Waals surface area contributed by atoms with Crippen molar-refractivity contribution in [3.63, 3.8) is 0 Å². The van der Waals surface area contributed by atoms with Crippen molar-refractivity contribution in [2.45, 2.75) is 31.5 Å². The summed E-state index contributed by atoms with van der Waals surface area (Å²) in [6, 6.07) is 13.4. The van der Waals surface area contributed by atoms with Crippen molar-refractivity contribution in [3.05, 3.63) is 60.0 Å². The summed E-state index contributed by atoms with van der Waals surface area (Å²) in [5, 5.41) is 11.7. The highest BCUT2D eigenvalue weighted by Gasteiger charge is 2.12. The molecule has 0 fully saturated rings. The molecule has 28 heavy (non-hydrogen) atoms. The Morgan fingerprint density at radius 1 is 1.18 bits per heavy atom. The zero-order valence-electron chi connectivity index (χ0n) is 16.1. The lowest BCUT2D eigenvalue weighted by atomic mass is 10.0. The van der Waals surface area contributed by atoms with Gasteiger partial charge in [0.05, 0.1) is 5.75 Å². The molecule has 7 nitrogen and oxygen atoms in total. The van der Waals surface area contributed by atoms with Crippen molar-refractivity contribution < 1.29 is 9.53 Å². The molecule has 0 atom stereocenters. The van der Waals surface area contributed by atoms with Crippen molar-refractivity contribution in [2.75, 3.05) is 11.1 Å². The van der Waals surface area contributed by atoms with Gasteiger partial charge in [-0.3, -0.25) is 4.79 Å². The lowest BCUT2D eigenvalue weighted by molar-refractivity contribution is -0.113. The number of hydrogen-bond donors (Lipinski definition) is 1. The van der Waals surface area contributed by atoms with E-state index in [2.05, 4.69) is 46.5 Å². The van der Waals surface area contributed by atoms with Gasteiger partial charge in [-0.05, 0) is 35.7 Å². The molecule has 0 unspecified atom stereocenters. The average molecular weight is 398 g/mol. The van der Waals surface area contributed by atoms with Gasteiger partial charge < -0.3 is 14.6 Å². The zero-order chi connectivity index (χ0) is 19.9. The highest BCUT2D eigenvalue weighted by Crippen LogP contribution is 2.20. The molecule has 0 radical (unpaired) electrons. The third kappa shape index (κ3) is 5.32. The van der Waals surface area contributed by atoms with E-state index in [4.69, 9.17) is 4.74 Å². The Hall–Kier alpha value is -2.87. The molecule has 3 aromatic rings. The molecule has 3 rings (SSSR count). The van der Waals surface area contributed by atoms with Crippen molar-refractivity contribution in [3.8, 4) is 5.75 Å². The molecule has 0 saturated heterocycles. The molecule has 2 aromatic heterocycles. The van der Waals surface area contributed by atoms with E-state index in [0.29, 0.717) is 29.3 Å². The van der Waals surface area contributed by atoms with Crippen LogP contribution in [0.2, 0.25) is 0 Å². The van der Waals surface area contributed by atoms with Crippen LogP contribution in [0.4, 0.5) is 5.82 Å². The summed E-state index contributed by atoms with van der Waals surface area (Å²) in [5.74, 6) is 2.58. The number of hydrogen-bond acceptors (Lipinski definition) is 6. The Morgan fingerprint density at radius 3 is 2.64 bits per heavy atom. The maximum absolute atomic E-state index is 12.0. The van der Waals surface area contributed by atoms with Crippen LogP contribution >= 0.6 is 11.8 Å². The minimum Gasteiger partial charge on any atom is -0.486 e. The molecule has 0 aliphatic carbocycles. The molecule has 0 spiro atoms. The summed E-state index contributed by atoms with van der Waals surface area (Å²) >= 11 is 1.32. The first-order valence-corrected chi connectivity index (χ1v) is 9.96. The van der Waals surface area contributed by atoms with Crippen LogP contribution in [0.25, 0.3) is 0 Å². The fourth-order valence-corrected chi connectivity index (χ4v) is 3.17. The lowest BCUT2D eigenvalue weighted by Gasteiger charge is -2.09. The van der Waals surface area contributed by atoms with Gasteiger partial charge in [0.2, 0.25) is 5.91 Å². The van der Waals surface area contributed by atoms with Crippen molar-refractivity contribution >= 4 is 23.5 Å². The molecule has 2 heterocycles. The van der Waals surface area contributed by atoms with E-state index >= 15 is 0 Å². The maximum atomic E-state index is 12.0. The Labute approximate surface area is 168 Å². The molecule has 146 valence electrons. The van der Waals surface area contributed by atoms with E-state index in [1.165, 1.54) is 17.3 Å². The first kappa shape index (κ1) is 19.9. The molecular formula is C20H23N5O2S. The minimum atomic E-state index is -0.144. The second-order valence-electron chi connectivity index (χ2n) is 6.52. The van der Waals surface area contributed by atoms with Crippen LogP contribution in [-0.2, 0) is 18.4 Å². The predicted octanol–water partition coefficient (Wildman–Crippen LogP) is 3.64. The molecule has 0 aliphatic rings. The number of nitrogens with zero attached hydrogens (tertiary/aromatic N) is 4. The van der Waals surface area contributed by atoms with Gasteiger partial charge in [0, 0.05) is 13.2 Å². The number of carbonyl (C=O) groups excluding carboxylic acids is 1. The largest absolute Gasteiger partial charge is 0.486 e. The fraction of sp³-hybridized carbons (Fsp3) is 0.300. The molecule has 1 amide bonds. The number of thioether (sulfide) groups is 1. The van der Waals surface area contributed by atoms with Crippen LogP contribution in [-0.4, -0.2) is 31.4 Å². The van der Waals surface area contributed by atoms with Gasteiger partial charge in [-0.1, -0.05) is 43.8 Å². The van der Waals surface area contributed by atoms with Crippen molar-refractivity contribution in [2.24, 2.45) is 7.05 Å². The third-order valence-electron chi connectivity index (χ3n) is 4.10. The fourth-order valence-electron chi connectivity index (χ4n) is 2.44. The highest BCUT2D eigenvalue weighted by molar-refractivity contribution is 7.99. The van der Waals surface area contributed by atoms with E-state index in [1.54, 1.807) is 18.3 Å². The first-order chi connectivity index (χ1) is 13.5. The number of benzene rings is 1. The Balaban J connectivity index is 1.51. The van der Waals surface area contributed by atoms with Gasteiger partial charge in [0.1, 0.15) is 18.2 Å². The molecule has 1 aromatic carbocycles. The smallest absolute Gasteiger partial charge is 0.236 e. The maximum Gasteiger partial charge on any atom is 0.236 e. The van der Waals surface area contributed by atoms with Gasteiger partial charge in [-0.2, -0.15) is 0 Å². The third-order valence-corrected chi connectivity index (χ3v) is 5.12. The summed E-state index contributed by atoms with van der Waals surface area (Å²) in [6.07, 6.45) is 1.63. The molecule has 0 bridgehead atoms. The average Bonchev–Trinajstić information content (AvgIpc) is 3.05. The number of carbonyl (C=O) groups is 1. The Bertz CT molecular complexity index is 910. The Kier molecular flexibility index (Phi) is 6.65. The second kappa shape index (κ2) is 9.36. The van der Waals surface area contributed by atoms with E-state index in [9.17, 15) is 4.79 Å². The standard InChI is InChI=1S/C20H23N5O2S/c1-14(2)15-7-9-16(10-8-15)27-12-18-23-24-20(25(18)3)28-13-19(26)22-17-6-4-5-11-21-17/h4-11,14H,12-13H2,1-3H3,(H,21,22,26). The number of anilines is 1. The van der Waals surface area contributed by atoms with Crippen LogP contribution in [0, 0.1) is 0 Å². The number of nitrogens with one attached hydrogen (secondary N) is 1. The van der Waals surface area contributed by atoms with Gasteiger partial charge in [0.25, 0.3) is 0 Å². The monoisotopic (exact) mass is 397 g/mol. The number of rotatable bonds is 8. The highest BCUT2D eigenvalue weighted by atomic mass is 32.2. The van der Waals surface area contributed by atoms with Crippen LogP contribution < -0.4 is 10.1 Å². The second-order valence-corrected chi connectivity index (χ2v) is 7.46. The molecular weight excluding hydrogens is 374 g/mol. The summed E-state index contributed by atoms with van der Waals surface area (Å²) < 4.78 is 7.64. The van der Waals surface area contributed by atoms with Gasteiger partial charge in [-0.25, -0.2) is 4.98 Å². The van der Waals surface area contributed by atoms with E-state index in [-0.39, 0.29) is 11.7 Å². The Morgan fingerprint density at radius 2 is 1.96 bits per heavy atom. The normalized spacial score (nSPS) is 10.9. The lowest BCUT2D eigenvalue weighted by Crippen LogP contribution is -2.15. The van der Waals surface area contributed by atoms with Crippen molar-refractivity contribution in [1.82, 2.24) is 19.7 Å². The quantitative estimate of drug-likeness (QED) is 0.585. The van der Waals surface area contributed by atoms with E-state index < -0.39 is 0 Å². The van der Waals surface area contributed by atoms with E-state index in [1.807, 2.05) is 29.8 Å². The summed E-state index contributed by atoms with van der Waals surface area (Å²) in [6.45, 7) is 4.63. The number of amides is 1. The molecule has 8 heteroatoms. The number of pyridine rings is 1. The minimum absolute atomic E-state index is 0.144. The van der Waals surface area contributed by atoms with Gasteiger partial charge in [-0.15, -0.1) is 10.2 Å². The summed E-state index contributed by atoms with van der Waals surface area (Å²) in [5.41, 5.74) is 1.27. The van der Waals surface area contributed by atoms with Crippen LogP contribution in [0.1, 0.15) is 31.2 Å². The predicted molar refractivity (Wildman–Crippen MR) is 109 cm³/mol. The molecule has 0 saturated carbocycles. The zero-order valence-corrected chi connectivity index (χ0v) is 16.9. The number of aromatic nitrogens is 4. The van der Waals surface area contributed by atoms with E-state index in [0.717, 1.165) is 5.75 Å². The summed E-state index contributed by atoms with van der Waals surface area (Å²) in [7, 11) is 1.86. The summed E-state index contributed by atoms with van der Waals surface area (Å²) in [4.78, 5) is 16.1. The molecule has 1 N–H and O–H groups in total.